The second-order valence-electron chi connectivity index (χ2n) is 2.90. The summed E-state index contributed by atoms with van der Waals surface area (Å²) in [4.78, 5) is 14.7. The van der Waals surface area contributed by atoms with Gasteiger partial charge in [-0.15, -0.1) is 0 Å². The molecule has 76 valence electrons. The lowest BCUT2D eigenvalue weighted by Crippen LogP contribution is -2.35. The van der Waals surface area contributed by atoms with Crippen LogP contribution in [0.5, 0.6) is 0 Å². The topological polar surface area (TPSA) is 62.2 Å². The van der Waals surface area contributed by atoms with Crippen LogP contribution in [0.3, 0.4) is 0 Å². The average molecular weight is 198 g/mol. The van der Waals surface area contributed by atoms with E-state index in [4.69, 9.17) is 5.11 Å². The molecule has 14 heavy (non-hydrogen) atoms. The standard InChI is InChI=1S/C9H11FN2O2/c1-6(5-13)12-9(14)7-3-2-4-11-8(7)10/h2-4,6,13H,5H2,1H3,(H,12,14). The summed E-state index contributed by atoms with van der Waals surface area (Å²) >= 11 is 0. The molecule has 0 saturated heterocycles. The predicted molar refractivity (Wildman–Crippen MR) is 48.2 cm³/mol. The van der Waals surface area contributed by atoms with E-state index in [0.29, 0.717) is 0 Å². The zero-order valence-corrected chi connectivity index (χ0v) is 7.70. The van der Waals surface area contributed by atoms with Gasteiger partial charge in [0.2, 0.25) is 5.95 Å². The van der Waals surface area contributed by atoms with Crippen LogP contribution in [0.1, 0.15) is 17.3 Å². The van der Waals surface area contributed by atoms with Crippen molar-refractivity contribution in [3.05, 3.63) is 29.8 Å². The number of halogens is 1. The summed E-state index contributed by atoms with van der Waals surface area (Å²) in [6.07, 6.45) is 1.27. The predicted octanol–water partition coefficient (Wildman–Crippen LogP) is 0.331. The number of hydrogen-bond donors (Lipinski definition) is 2. The first-order chi connectivity index (χ1) is 6.65. The van der Waals surface area contributed by atoms with E-state index >= 15 is 0 Å². The van der Waals surface area contributed by atoms with E-state index in [0.717, 1.165) is 0 Å². The minimum Gasteiger partial charge on any atom is -0.394 e. The summed E-state index contributed by atoms with van der Waals surface area (Å²) in [6.45, 7) is 1.43. The molecule has 0 bridgehead atoms. The van der Waals surface area contributed by atoms with Crippen LogP contribution in [-0.4, -0.2) is 28.6 Å². The van der Waals surface area contributed by atoms with Crippen molar-refractivity contribution in [1.82, 2.24) is 10.3 Å². The van der Waals surface area contributed by atoms with Crippen LogP contribution in [0.15, 0.2) is 18.3 Å². The molecular formula is C9H11FN2O2. The summed E-state index contributed by atoms with van der Waals surface area (Å²) in [7, 11) is 0. The van der Waals surface area contributed by atoms with Gasteiger partial charge in [-0.1, -0.05) is 0 Å². The molecule has 0 aliphatic rings. The van der Waals surface area contributed by atoms with Crippen molar-refractivity contribution in [2.45, 2.75) is 13.0 Å². The number of aliphatic hydroxyl groups is 1. The van der Waals surface area contributed by atoms with Gasteiger partial charge in [0.1, 0.15) is 0 Å². The Hall–Kier alpha value is -1.49. The molecule has 1 amide bonds. The van der Waals surface area contributed by atoms with Gasteiger partial charge in [0, 0.05) is 12.2 Å². The van der Waals surface area contributed by atoms with Gasteiger partial charge in [-0.05, 0) is 19.1 Å². The molecule has 0 radical (unpaired) electrons. The largest absolute Gasteiger partial charge is 0.394 e. The average Bonchev–Trinajstić information content (AvgIpc) is 2.18. The number of nitrogens with zero attached hydrogens (tertiary/aromatic N) is 1. The number of aliphatic hydroxyl groups excluding tert-OH is 1. The second kappa shape index (κ2) is 4.66. The summed E-state index contributed by atoms with van der Waals surface area (Å²) in [6, 6.07) is 2.41. The number of carbonyl (C=O) groups is 1. The zero-order chi connectivity index (χ0) is 10.6. The summed E-state index contributed by atoms with van der Waals surface area (Å²) < 4.78 is 13.0. The summed E-state index contributed by atoms with van der Waals surface area (Å²) in [5.41, 5.74) is -0.118. The van der Waals surface area contributed by atoms with E-state index in [-0.39, 0.29) is 12.2 Å². The molecule has 1 aromatic rings. The molecule has 5 heteroatoms. The van der Waals surface area contributed by atoms with E-state index in [2.05, 4.69) is 10.3 Å². The molecule has 1 rings (SSSR count). The molecule has 0 fully saturated rings. The number of aromatic nitrogens is 1. The summed E-state index contributed by atoms with van der Waals surface area (Å²) in [5, 5.41) is 11.1. The normalized spacial score (nSPS) is 12.2. The first-order valence-electron chi connectivity index (χ1n) is 4.17. The Morgan fingerprint density at radius 1 is 1.79 bits per heavy atom. The number of amides is 1. The minimum absolute atomic E-state index is 0.118. The highest BCUT2D eigenvalue weighted by Crippen LogP contribution is 2.02. The molecule has 0 aliphatic heterocycles. The van der Waals surface area contributed by atoms with Crippen LogP contribution in [-0.2, 0) is 0 Å². The van der Waals surface area contributed by atoms with Crippen molar-refractivity contribution in [1.29, 1.82) is 0 Å². The Balaban J connectivity index is 2.75. The van der Waals surface area contributed by atoms with Gasteiger partial charge in [-0.25, -0.2) is 4.98 Å². The second-order valence-corrected chi connectivity index (χ2v) is 2.90. The van der Waals surface area contributed by atoms with Crippen LogP contribution in [0.25, 0.3) is 0 Å². The molecule has 1 atom stereocenters. The van der Waals surface area contributed by atoms with Crippen molar-refractivity contribution in [3.63, 3.8) is 0 Å². The summed E-state index contributed by atoms with van der Waals surface area (Å²) in [5.74, 6) is -1.38. The first kappa shape index (κ1) is 10.6. The van der Waals surface area contributed by atoms with Crippen LogP contribution in [0.2, 0.25) is 0 Å². The van der Waals surface area contributed by atoms with Crippen molar-refractivity contribution in [3.8, 4) is 0 Å². The van der Waals surface area contributed by atoms with Gasteiger partial charge in [0.25, 0.3) is 5.91 Å². The lowest BCUT2D eigenvalue weighted by Gasteiger charge is -2.10. The van der Waals surface area contributed by atoms with E-state index < -0.39 is 17.9 Å². The van der Waals surface area contributed by atoms with Crippen LogP contribution in [0.4, 0.5) is 4.39 Å². The maximum atomic E-state index is 13.0. The molecule has 0 aromatic carbocycles. The van der Waals surface area contributed by atoms with Crippen LogP contribution < -0.4 is 5.32 Å². The molecule has 1 unspecified atom stereocenters. The molecule has 0 saturated carbocycles. The Kier molecular flexibility index (Phi) is 3.53. The highest BCUT2D eigenvalue weighted by Gasteiger charge is 2.13. The zero-order valence-electron chi connectivity index (χ0n) is 7.70. The molecular weight excluding hydrogens is 187 g/mol. The van der Waals surface area contributed by atoms with Crippen molar-refractivity contribution in [2.75, 3.05) is 6.61 Å². The molecule has 0 aliphatic carbocycles. The van der Waals surface area contributed by atoms with Gasteiger partial charge in [-0.3, -0.25) is 4.79 Å². The van der Waals surface area contributed by atoms with Crippen molar-refractivity contribution >= 4 is 5.91 Å². The van der Waals surface area contributed by atoms with Crippen molar-refractivity contribution in [2.24, 2.45) is 0 Å². The molecule has 1 heterocycles. The third kappa shape index (κ3) is 2.50. The van der Waals surface area contributed by atoms with Gasteiger partial charge in [0.05, 0.1) is 12.2 Å². The Bertz CT molecular complexity index is 330. The highest BCUT2D eigenvalue weighted by atomic mass is 19.1. The molecule has 2 N–H and O–H groups in total. The fourth-order valence-electron chi connectivity index (χ4n) is 0.903. The Morgan fingerprint density at radius 3 is 3.07 bits per heavy atom. The van der Waals surface area contributed by atoms with Gasteiger partial charge in [0.15, 0.2) is 0 Å². The Labute approximate surface area is 80.8 Å². The SMILES string of the molecule is CC(CO)NC(=O)c1cccnc1F. The molecule has 0 spiro atoms. The number of carbonyl (C=O) groups excluding carboxylic acids is 1. The van der Waals surface area contributed by atoms with Crippen LogP contribution >= 0.6 is 0 Å². The lowest BCUT2D eigenvalue weighted by atomic mass is 10.2. The Morgan fingerprint density at radius 2 is 2.50 bits per heavy atom. The fraction of sp³-hybridized carbons (Fsp3) is 0.333. The lowest BCUT2D eigenvalue weighted by molar-refractivity contribution is 0.0917. The first-order valence-corrected chi connectivity index (χ1v) is 4.17. The maximum Gasteiger partial charge on any atom is 0.256 e. The molecule has 4 nitrogen and oxygen atoms in total. The third-order valence-electron chi connectivity index (χ3n) is 1.66. The number of hydrogen-bond acceptors (Lipinski definition) is 3. The van der Waals surface area contributed by atoms with E-state index in [1.807, 2.05) is 0 Å². The van der Waals surface area contributed by atoms with E-state index in [1.165, 1.54) is 18.3 Å². The van der Waals surface area contributed by atoms with Gasteiger partial charge >= 0.3 is 0 Å². The fourth-order valence-corrected chi connectivity index (χ4v) is 0.903. The third-order valence-corrected chi connectivity index (χ3v) is 1.66. The van der Waals surface area contributed by atoms with E-state index in [1.54, 1.807) is 6.92 Å². The monoisotopic (exact) mass is 198 g/mol. The van der Waals surface area contributed by atoms with Crippen LogP contribution in [0, 0.1) is 5.95 Å². The number of rotatable bonds is 3. The van der Waals surface area contributed by atoms with E-state index in [9.17, 15) is 9.18 Å². The quantitative estimate of drug-likeness (QED) is 0.688. The number of nitrogens with one attached hydrogen (secondary N) is 1. The van der Waals surface area contributed by atoms with Gasteiger partial charge < -0.3 is 10.4 Å². The highest BCUT2D eigenvalue weighted by molar-refractivity contribution is 5.94. The maximum absolute atomic E-state index is 13.0. The molecule has 1 aromatic heterocycles. The van der Waals surface area contributed by atoms with Crippen molar-refractivity contribution < 1.29 is 14.3 Å². The smallest absolute Gasteiger partial charge is 0.256 e. The minimum atomic E-state index is -0.810. The van der Waals surface area contributed by atoms with Gasteiger partial charge in [-0.2, -0.15) is 4.39 Å². The number of pyridine rings is 1.